The van der Waals surface area contributed by atoms with Crippen LogP contribution >= 0.6 is 15.9 Å². The first-order valence-corrected chi connectivity index (χ1v) is 8.27. The van der Waals surface area contributed by atoms with Crippen LogP contribution in [0.15, 0.2) is 28.7 Å². The lowest BCUT2D eigenvalue weighted by atomic mass is 9.83. The predicted octanol–water partition coefficient (Wildman–Crippen LogP) is 3.95. The summed E-state index contributed by atoms with van der Waals surface area (Å²) in [5.74, 6) is 0.761. The Balaban J connectivity index is 1.78. The zero-order valence-corrected chi connectivity index (χ0v) is 13.6. The van der Waals surface area contributed by atoms with Crippen molar-refractivity contribution < 1.29 is 4.79 Å². The van der Waals surface area contributed by atoms with E-state index in [1.807, 2.05) is 24.3 Å². The Bertz CT molecular complexity index is 433. The van der Waals surface area contributed by atoms with Crippen LogP contribution < -0.4 is 10.6 Å². The quantitative estimate of drug-likeness (QED) is 0.853. The Hall–Kier alpha value is -0.870. The lowest BCUT2D eigenvalue weighted by molar-refractivity contribution is -0.115. The van der Waals surface area contributed by atoms with Crippen molar-refractivity contribution in [3.05, 3.63) is 28.7 Å². The normalized spacial score (nSPS) is 22.5. The van der Waals surface area contributed by atoms with E-state index in [-0.39, 0.29) is 5.91 Å². The van der Waals surface area contributed by atoms with Crippen LogP contribution in [0.4, 0.5) is 5.69 Å². The number of carbonyl (C=O) groups is 1. The summed E-state index contributed by atoms with van der Waals surface area (Å²) < 4.78 is 1.02. The smallest absolute Gasteiger partial charge is 0.238 e. The van der Waals surface area contributed by atoms with Crippen molar-refractivity contribution in [2.45, 2.75) is 45.1 Å². The Morgan fingerprint density at radius 3 is 2.65 bits per heavy atom. The third kappa shape index (κ3) is 4.60. The van der Waals surface area contributed by atoms with Crippen LogP contribution in [0.1, 0.15) is 39.0 Å². The van der Waals surface area contributed by atoms with E-state index in [1.165, 1.54) is 32.1 Å². The fourth-order valence-corrected chi connectivity index (χ4v) is 3.19. The molecule has 1 aromatic rings. The van der Waals surface area contributed by atoms with Gasteiger partial charge in [0, 0.05) is 16.2 Å². The summed E-state index contributed by atoms with van der Waals surface area (Å²) in [6, 6.07) is 8.16. The average molecular weight is 339 g/mol. The van der Waals surface area contributed by atoms with Crippen LogP contribution in [-0.4, -0.2) is 18.5 Å². The van der Waals surface area contributed by atoms with Gasteiger partial charge in [-0.1, -0.05) is 42.1 Å². The van der Waals surface area contributed by atoms with E-state index >= 15 is 0 Å². The van der Waals surface area contributed by atoms with E-state index in [0.717, 1.165) is 16.1 Å². The highest BCUT2D eigenvalue weighted by Gasteiger charge is 2.23. The second kappa shape index (κ2) is 7.79. The average Bonchev–Trinajstić information content (AvgIpc) is 2.48. The van der Waals surface area contributed by atoms with Crippen molar-refractivity contribution in [2.75, 3.05) is 11.9 Å². The minimum Gasteiger partial charge on any atom is -0.325 e. The van der Waals surface area contributed by atoms with Crippen LogP contribution in [0.5, 0.6) is 0 Å². The van der Waals surface area contributed by atoms with Gasteiger partial charge in [-0.2, -0.15) is 0 Å². The van der Waals surface area contributed by atoms with Gasteiger partial charge in [0.1, 0.15) is 0 Å². The van der Waals surface area contributed by atoms with E-state index in [0.29, 0.717) is 12.6 Å². The minimum absolute atomic E-state index is 0.0350. The monoisotopic (exact) mass is 338 g/mol. The van der Waals surface area contributed by atoms with Crippen molar-refractivity contribution in [1.82, 2.24) is 5.32 Å². The molecule has 1 saturated carbocycles. The van der Waals surface area contributed by atoms with Gasteiger partial charge in [0.05, 0.1) is 6.54 Å². The third-order valence-corrected chi connectivity index (χ3v) is 4.61. The summed E-state index contributed by atoms with van der Waals surface area (Å²) in [5.41, 5.74) is 0.843. The van der Waals surface area contributed by atoms with Gasteiger partial charge in [0.15, 0.2) is 0 Å². The summed E-state index contributed by atoms with van der Waals surface area (Å²) in [7, 11) is 0. The molecule has 1 aromatic carbocycles. The Kier molecular flexibility index (Phi) is 6.05. The molecule has 0 heterocycles. The summed E-state index contributed by atoms with van der Waals surface area (Å²) in [6.07, 6.45) is 6.31. The third-order valence-electron chi connectivity index (χ3n) is 4.09. The fraction of sp³-hybridized carbons (Fsp3) is 0.562. The minimum atomic E-state index is 0.0350. The maximum Gasteiger partial charge on any atom is 0.238 e. The van der Waals surface area contributed by atoms with Gasteiger partial charge in [-0.15, -0.1) is 0 Å². The van der Waals surface area contributed by atoms with E-state index < -0.39 is 0 Å². The highest BCUT2D eigenvalue weighted by Crippen LogP contribution is 2.26. The first-order chi connectivity index (χ1) is 9.69. The topological polar surface area (TPSA) is 41.1 Å². The molecule has 2 N–H and O–H groups in total. The molecule has 3 nitrogen and oxygen atoms in total. The van der Waals surface area contributed by atoms with Crippen LogP contribution in [0.25, 0.3) is 0 Å². The Morgan fingerprint density at radius 2 is 1.95 bits per heavy atom. The molecular weight excluding hydrogens is 316 g/mol. The molecule has 0 spiro atoms. The zero-order valence-electron chi connectivity index (χ0n) is 12.0. The van der Waals surface area contributed by atoms with Gasteiger partial charge >= 0.3 is 0 Å². The van der Waals surface area contributed by atoms with E-state index in [9.17, 15) is 4.79 Å². The molecule has 2 rings (SSSR count). The SMILES string of the molecule is CCC1CCCCC1NCC(=O)Nc1ccc(Br)cc1. The molecule has 20 heavy (non-hydrogen) atoms. The largest absolute Gasteiger partial charge is 0.325 e. The number of halogens is 1. The molecule has 0 aliphatic heterocycles. The molecule has 1 fully saturated rings. The Morgan fingerprint density at radius 1 is 1.25 bits per heavy atom. The van der Waals surface area contributed by atoms with Gasteiger partial charge in [-0.25, -0.2) is 0 Å². The molecule has 0 radical (unpaired) electrons. The van der Waals surface area contributed by atoms with Gasteiger partial charge in [-0.05, 0) is 43.0 Å². The van der Waals surface area contributed by atoms with Crippen molar-refractivity contribution in [1.29, 1.82) is 0 Å². The maximum atomic E-state index is 11.9. The molecule has 2 unspecified atom stereocenters. The number of hydrogen-bond acceptors (Lipinski definition) is 2. The van der Waals surface area contributed by atoms with Crippen LogP contribution in [-0.2, 0) is 4.79 Å². The molecule has 1 aliphatic rings. The number of amides is 1. The molecule has 2 atom stereocenters. The van der Waals surface area contributed by atoms with Gasteiger partial charge in [0.25, 0.3) is 0 Å². The number of hydrogen-bond donors (Lipinski definition) is 2. The van der Waals surface area contributed by atoms with E-state index in [4.69, 9.17) is 0 Å². The van der Waals surface area contributed by atoms with Crippen LogP contribution in [0.2, 0.25) is 0 Å². The molecule has 0 saturated heterocycles. The highest BCUT2D eigenvalue weighted by molar-refractivity contribution is 9.10. The fourth-order valence-electron chi connectivity index (χ4n) is 2.93. The number of anilines is 1. The van der Waals surface area contributed by atoms with Gasteiger partial charge < -0.3 is 10.6 Å². The van der Waals surface area contributed by atoms with E-state index in [2.05, 4.69) is 33.5 Å². The van der Waals surface area contributed by atoms with Crippen molar-refractivity contribution in [3.8, 4) is 0 Å². The first kappa shape index (κ1) is 15.5. The van der Waals surface area contributed by atoms with Gasteiger partial charge in [-0.3, -0.25) is 4.79 Å². The number of nitrogens with one attached hydrogen (secondary N) is 2. The molecule has 0 aromatic heterocycles. The molecular formula is C16H23BrN2O. The van der Waals surface area contributed by atoms with Crippen molar-refractivity contribution in [2.24, 2.45) is 5.92 Å². The van der Waals surface area contributed by atoms with E-state index in [1.54, 1.807) is 0 Å². The number of carbonyl (C=O) groups excluding carboxylic acids is 1. The summed E-state index contributed by atoms with van der Waals surface area (Å²) in [6.45, 7) is 2.64. The highest BCUT2D eigenvalue weighted by atomic mass is 79.9. The molecule has 1 aliphatic carbocycles. The Labute approximate surface area is 129 Å². The molecule has 110 valence electrons. The van der Waals surface area contributed by atoms with Gasteiger partial charge in [0.2, 0.25) is 5.91 Å². The summed E-state index contributed by atoms with van der Waals surface area (Å²) in [5, 5.41) is 6.35. The lowest BCUT2D eigenvalue weighted by Crippen LogP contribution is -2.42. The first-order valence-electron chi connectivity index (χ1n) is 7.48. The lowest BCUT2D eigenvalue weighted by Gasteiger charge is -2.31. The summed E-state index contributed by atoms with van der Waals surface area (Å²) in [4.78, 5) is 11.9. The molecule has 1 amide bonds. The number of benzene rings is 1. The molecule has 0 bridgehead atoms. The number of rotatable bonds is 5. The van der Waals surface area contributed by atoms with Crippen molar-refractivity contribution >= 4 is 27.5 Å². The van der Waals surface area contributed by atoms with Crippen LogP contribution in [0.3, 0.4) is 0 Å². The second-order valence-corrected chi connectivity index (χ2v) is 6.41. The second-order valence-electron chi connectivity index (χ2n) is 5.50. The summed E-state index contributed by atoms with van der Waals surface area (Å²) >= 11 is 3.38. The zero-order chi connectivity index (χ0) is 14.4. The van der Waals surface area contributed by atoms with Crippen LogP contribution in [0, 0.1) is 5.92 Å². The predicted molar refractivity (Wildman–Crippen MR) is 86.8 cm³/mol. The van der Waals surface area contributed by atoms with Crippen molar-refractivity contribution in [3.63, 3.8) is 0 Å². The molecule has 4 heteroatoms. The maximum absolute atomic E-state index is 11.9. The standard InChI is InChI=1S/C16H23BrN2O/c1-2-12-5-3-4-6-15(12)18-11-16(20)19-14-9-7-13(17)8-10-14/h7-10,12,15,18H,2-6,11H2,1H3,(H,19,20).